The fourth-order valence-corrected chi connectivity index (χ4v) is 1.64. The molecule has 2 rings (SSSR count). The summed E-state index contributed by atoms with van der Waals surface area (Å²) < 4.78 is 9.72. The van der Waals surface area contributed by atoms with Crippen LogP contribution in [0.25, 0.3) is 11.1 Å². The molecule has 19 heavy (non-hydrogen) atoms. The minimum Gasteiger partial charge on any atom is -0.408 e. The number of oxazole rings is 1. The summed E-state index contributed by atoms with van der Waals surface area (Å²) in [4.78, 5) is 25.3. The number of fused-ring (bicyclic) bond motifs is 1. The molecule has 4 N–H and O–H groups in total. The molecule has 1 heterocycles. The summed E-state index contributed by atoms with van der Waals surface area (Å²) in [6.45, 7) is 0.419. The van der Waals surface area contributed by atoms with Crippen molar-refractivity contribution in [2.75, 3.05) is 19.0 Å². The van der Waals surface area contributed by atoms with Gasteiger partial charge in [0.2, 0.25) is 5.91 Å². The third kappa shape index (κ3) is 3.21. The second-order valence-electron chi connectivity index (χ2n) is 4.10. The first-order chi connectivity index (χ1) is 9.10. The van der Waals surface area contributed by atoms with Gasteiger partial charge < -0.3 is 20.2 Å². The van der Waals surface area contributed by atoms with E-state index in [1.165, 1.54) is 0 Å². The first kappa shape index (κ1) is 13.3. The zero-order valence-corrected chi connectivity index (χ0v) is 10.4. The fraction of sp³-hybridized carbons (Fsp3) is 0.333. The number of hydrogen-bond acceptors (Lipinski definition) is 5. The zero-order chi connectivity index (χ0) is 13.8. The minimum absolute atomic E-state index is 0.303. The Balaban J connectivity index is 2.08. The first-order valence-corrected chi connectivity index (χ1v) is 5.78. The van der Waals surface area contributed by atoms with Gasteiger partial charge in [-0.1, -0.05) is 0 Å². The molecule has 2 aromatic rings. The standard InChI is InChI=1S/C12H15N3O4/c1-18-5-4-8(13)11(16)14-7-2-3-10-9(6-7)15-12(17)19-10/h2-3,6,8H,4-5,13H2,1H3,(H,14,16)(H,15,17). The summed E-state index contributed by atoms with van der Waals surface area (Å²) in [6.07, 6.45) is 0.438. The van der Waals surface area contributed by atoms with Gasteiger partial charge in [-0.05, 0) is 24.6 Å². The van der Waals surface area contributed by atoms with E-state index >= 15 is 0 Å². The average molecular weight is 265 g/mol. The van der Waals surface area contributed by atoms with Gasteiger partial charge in [0.15, 0.2) is 5.58 Å². The van der Waals surface area contributed by atoms with Crippen molar-refractivity contribution in [2.24, 2.45) is 5.73 Å². The fourth-order valence-electron chi connectivity index (χ4n) is 1.64. The van der Waals surface area contributed by atoms with Gasteiger partial charge in [0.1, 0.15) is 0 Å². The Morgan fingerprint density at radius 3 is 3.11 bits per heavy atom. The Morgan fingerprint density at radius 2 is 2.37 bits per heavy atom. The van der Waals surface area contributed by atoms with Crippen LogP contribution in [0.15, 0.2) is 27.4 Å². The molecular weight excluding hydrogens is 250 g/mol. The lowest BCUT2D eigenvalue weighted by molar-refractivity contribution is -0.117. The maximum Gasteiger partial charge on any atom is 0.417 e. The van der Waals surface area contributed by atoms with Crippen molar-refractivity contribution in [3.8, 4) is 0 Å². The van der Waals surface area contributed by atoms with Crippen molar-refractivity contribution in [3.63, 3.8) is 0 Å². The number of hydrogen-bond donors (Lipinski definition) is 3. The summed E-state index contributed by atoms with van der Waals surface area (Å²) in [7, 11) is 1.55. The van der Waals surface area contributed by atoms with Crippen molar-refractivity contribution in [2.45, 2.75) is 12.5 Å². The van der Waals surface area contributed by atoms with E-state index in [2.05, 4.69) is 10.3 Å². The molecular formula is C12H15N3O4. The van der Waals surface area contributed by atoms with Gasteiger partial charge in [-0.3, -0.25) is 9.78 Å². The molecule has 1 amide bonds. The van der Waals surface area contributed by atoms with Gasteiger partial charge >= 0.3 is 5.76 Å². The smallest absolute Gasteiger partial charge is 0.408 e. The van der Waals surface area contributed by atoms with Crippen molar-refractivity contribution >= 4 is 22.7 Å². The van der Waals surface area contributed by atoms with Crippen LogP contribution in [0.2, 0.25) is 0 Å². The largest absolute Gasteiger partial charge is 0.417 e. The topological polar surface area (TPSA) is 110 Å². The molecule has 7 heteroatoms. The molecule has 0 bridgehead atoms. The van der Waals surface area contributed by atoms with Crippen LogP contribution in [0.1, 0.15) is 6.42 Å². The van der Waals surface area contributed by atoms with Crippen LogP contribution in [0.5, 0.6) is 0 Å². The number of methoxy groups -OCH3 is 1. The van der Waals surface area contributed by atoms with Crippen LogP contribution in [-0.2, 0) is 9.53 Å². The molecule has 1 aromatic carbocycles. The monoisotopic (exact) mass is 265 g/mol. The molecule has 0 fully saturated rings. The Bertz CT molecular complexity index is 631. The number of carbonyl (C=O) groups is 1. The highest BCUT2D eigenvalue weighted by atomic mass is 16.5. The van der Waals surface area contributed by atoms with E-state index in [0.717, 1.165) is 0 Å². The number of carbonyl (C=O) groups excluding carboxylic acids is 1. The predicted molar refractivity (Wildman–Crippen MR) is 69.9 cm³/mol. The predicted octanol–water partition coefficient (Wildman–Crippen LogP) is 0.423. The highest BCUT2D eigenvalue weighted by Gasteiger charge is 2.13. The third-order valence-electron chi connectivity index (χ3n) is 2.66. The second-order valence-corrected chi connectivity index (χ2v) is 4.10. The Kier molecular flexibility index (Phi) is 3.98. The summed E-state index contributed by atoms with van der Waals surface area (Å²) in [5.74, 6) is -0.836. The van der Waals surface area contributed by atoms with Crippen molar-refractivity contribution in [1.29, 1.82) is 0 Å². The molecule has 0 saturated carbocycles. The highest BCUT2D eigenvalue weighted by Crippen LogP contribution is 2.16. The molecule has 1 aromatic heterocycles. The molecule has 0 aliphatic carbocycles. The lowest BCUT2D eigenvalue weighted by atomic mass is 10.2. The highest BCUT2D eigenvalue weighted by molar-refractivity contribution is 5.96. The van der Waals surface area contributed by atoms with Gasteiger partial charge in [0.25, 0.3) is 0 Å². The number of aromatic nitrogens is 1. The number of H-pyrrole nitrogens is 1. The van der Waals surface area contributed by atoms with E-state index in [9.17, 15) is 9.59 Å². The quantitative estimate of drug-likeness (QED) is 0.725. The van der Waals surface area contributed by atoms with Crippen LogP contribution in [0.3, 0.4) is 0 Å². The van der Waals surface area contributed by atoms with Gasteiger partial charge in [0, 0.05) is 19.4 Å². The van der Waals surface area contributed by atoms with E-state index in [1.807, 2.05) is 0 Å². The lowest BCUT2D eigenvalue weighted by Gasteiger charge is -2.11. The van der Waals surface area contributed by atoms with E-state index in [-0.39, 0.29) is 5.91 Å². The maximum atomic E-state index is 11.8. The second kappa shape index (κ2) is 5.68. The summed E-state index contributed by atoms with van der Waals surface area (Å²) in [5, 5.41) is 2.67. The molecule has 7 nitrogen and oxygen atoms in total. The van der Waals surface area contributed by atoms with Crippen LogP contribution in [0.4, 0.5) is 5.69 Å². The number of nitrogens with two attached hydrogens (primary N) is 1. The van der Waals surface area contributed by atoms with Gasteiger partial charge in [-0.2, -0.15) is 0 Å². The normalized spacial score (nSPS) is 12.5. The Morgan fingerprint density at radius 1 is 1.58 bits per heavy atom. The van der Waals surface area contributed by atoms with E-state index in [1.54, 1.807) is 25.3 Å². The molecule has 0 radical (unpaired) electrons. The summed E-state index contributed by atoms with van der Waals surface area (Å²) in [5.41, 5.74) is 7.20. The van der Waals surface area contributed by atoms with Crippen molar-refractivity contribution < 1.29 is 13.9 Å². The number of nitrogens with one attached hydrogen (secondary N) is 2. The lowest BCUT2D eigenvalue weighted by Crippen LogP contribution is -2.36. The average Bonchev–Trinajstić information content (AvgIpc) is 2.75. The van der Waals surface area contributed by atoms with E-state index in [4.69, 9.17) is 14.9 Å². The SMILES string of the molecule is COCCC(N)C(=O)Nc1ccc2oc(=O)[nH]c2c1. The first-order valence-electron chi connectivity index (χ1n) is 5.78. The summed E-state index contributed by atoms with van der Waals surface area (Å²) >= 11 is 0. The molecule has 102 valence electrons. The van der Waals surface area contributed by atoms with Crippen molar-refractivity contribution in [3.05, 3.63) is 28.7 Å². The van der Waals surface area contributed by atoms with Crippen LogP contribution in [-0.4, -0.2) is 30.6 Å². The summed E-state index contributed by atoms with van der Waals surface area (Å²) in [6, 6.07) is 4.21. The van der Waals surface area contributed by atoms with Gasteiger partial charge in [0.05, 0.1) is 11.6 Å². The minimum atomic E-state index is -0.640. The van der Waals surface area contributed by atoms with E-state index in [0.29, 0.717) is 29.8 Å². The van der Waals surface area contributed by atoms with Crippen molar-refractivity contribution in [1.82, 2.24) is 4.98 Å². The third-order valence-corrected chi connectivity index (χ3v) is 2.66. The van der Waals surface area contributed by atoms with Gasteiger partial charge in [-0.25, -0.2) is 4.79 Å². The van der Waals surface area contributed by atoms with E-state index < -0.39 is 11.8 Å². The molecule has 1 atom stereocenters. The van der Waals surface area contributed by atoms with Crippen LogP contribution in [0, 0.1) is 0 Å². The number of ether oxygens (including phenoxy) is 1. The molecule has 0 spiro atoms. The number of anilines is 1. The zero-order valence-electron chi connectivity index (χ0n) is 10.4. The maximum absolute atomic E-state index is 11.8. The Hall–Kier alpha value is -2.12. The van der Waals surface area contributed by atoms with Crippen LogP contribution >= 0.6 is 0 Å². The molecule has 1 unspecified atom stereocenters. The molecule has 0 aliphatic heterocycles. The number of benzene rings is 1. The number of aromatic amines is 1. The Labute approximate surface area is 108 Å². The molecule has 0 saturated heterocycles. The number of amides is 1. The number of rotatable bonds is 5. The van der Waals surface area contributed by atoms with Gasteiger partial charge in [-0.15, -0.1) is 0 Å². The van der Waals surface area contributed by atoms with Crippen LogP contribution < -0.4 is 16.8 Å². The molecule has 0 aliphatic rings.